The lowest BCUT2D eigenvalue weighted by atomic mass is 9.83. The van der Waals surface area contributed by atoms with E-state index >= 15 is 0 Å². The standard InChI is InChI=1S/C30H31N/c1-29(2,3)18-19-15-20-13-14-31-28-24-12-11-21(30(4,5)6)17-25(24)22-9-7-8-10-23(22)26(16-19)27(20)28/h7-17H,18H2,1-6H3. The fourth-order valence-corrected chi connectivity index (χ4v) is 4.90. The molecule has 0 radical (unpaired) electrons. The summed E-state index contributed by atoms with van der Waals surface area (Å²) >= 11 is 0. The summed E-state index contributed by atoms with van der Waals surface area (Å²) in [6, 6.07) is 22.8. The number of aromatic nitrogens is 1. The second kappa shape index (κ2) is 6.79. The second-order valence-corrected chi connectivity index (χ2v) is 11.2. The number of rotatable bonds is 1. The maximum Gasteiger partial charge on any atom is 0.0792 e. The van der Waals surface area contributed by atoms with Crippen molar-refractivity contribution in [3.05, 3.63) is 78.0 Å². The highest BCUT2D eigenvalue weighted by atomic mass is 14.7. The van der Waals surface area contributed by atoms with Crippen molar-refractivity contribution in [2.75, 3.05) is 0 Å². The summed E-state index contributed by atoms with van der Waals surface area (Å²) < 4.78 is 0. The molecule has 0 saturated carbocycles. The van der Waals surface area contributed by atoms with Gasteiger partial charge in [-0.1, -0.05) is 90.1 Å². The zero-order valence-electron chi connectivity index (χ0n) is 19.5. The number of benzene rings is 3. The Morgan fingerprint density at radius 3 is 2.06 bits per heavy atom. The van der Waals surface area contributed by atoms with Crippen LogP contribution in [-0.2, 0) is 11.8 Å². The lowest BCUT2D eigenvalue weighted by Gasteiger charge is -2.21. The third-order valence-electron chi connectivity index (χ3n) is 6.31. The number of hydrogen-bond acceptors (Lipinski definition) is 1. The van der Waals surface area contributed by atoms with Crippen LogP contribution in [0.2, 0.25) is 0 Å². The lowest BCUT2D eigenvalue weighted by Crippen LogP contribution is -2.11. The van der Waals surface area contributed by atoms with E-state index in [4.69, 9.17) is 4.98 Å². The van der Waals surface area contributed by atoms with Crippen molar-refractivity contribution in [3.63, 3.8) is 0 Å². The third-order valence-corrected chi connectivity index (χ3v) is 6.31. The molecule has 5 rings (SSSR count). The van der Waals surface area contributed by atoms with Crippen LogP contribution in [-0.4, -0.2) is 4.98 Å². The Kier molecular flexibility index (Phi) is 4.38. The molecular formula is C30H31N. The van der Waals surface area contributed by atoms with Gasteiger partial charge in [0.25, 0.3) is 0 Å². The first-order chi connectivity index (χ1) is 14.6. The van der Waals surface area contributed by atoms with Crippen molar-refractivity contribution >= 4 is 10.8 Å². The number of nitrogens with zero attached hydrogens (tertiary/aromatic N) is 1. The van der Waals surface area contributed by atoms with E-state index in [0.29, 0.717) is 0 Å². The van der Waals surface area contributed by atoms with Crippen LogP contribution in [0.5, 0.6) is 0 Å². The van der Waals surface area contributed by atoms with E-state index in [1.165, 1.54) is 49.7 Å². The second-order valence-electron chi connectivity index (χ2n) is 11.2. The van der Waals surface area contributed by atoms with E-state index in [0.717, 1.165) is 12.1 Å². The topological polar surface area (TPSA) is 12.9 Å². The summed E-state index contributed by atoms with van der Waals surface area (Å²) in [5.41, 5.74) is 10.6. The van der Waals surface area contributed by atoms with Gasteiger partial charge < -0.3 is 0 Å². The van der Waals surface area contributed by atoms with Gasteiger partial charge in [-0.3, -0.25) is 4.98 Å². The van der Waals surface area contributed by atoms with E-state index in [1.807, 2.05) is 6.20 Å². The molecule has 0 aliphatic heterocycles. The molecule has 1 heterocycles. The highest BCUT2D eigenvalue weighted by Gasteiger charge is 2.25. The van der Waals surface area contributed by atoms with Gasteiger partial charge in [0.15, 0.2) is 0 Å². The van der Waals surface area contributed by atoms with Crippen molar-refractivity contribution in [1.82, 2.24) is 4.98 Å². The molecule has 4 aromatic rings. The molecule has 1 aromatic heterocycles. The Balaban J connectivity index is 1.89. The van der Waals surface area contributed by atoms with Gasteiger partial charge in [0.1, 0.15) is 0 Å². The average molecular weight is 406 g/mol. The van der Waals surface area contributed by atoms with Gasteiger partial charge in [-0.2, -0.15) is 0 Å². The van der Waals surface area contributed by atoms with Gasteiger partial charge in [-0.25, -0.2) is 0 Å². The molecule has 0 spiro atoms. The Morgan fingerprint density at radius 1 is 0.677 bits per heavy atom. The first-order valence-electron chi connectivity index (χ1n) is 11.3. The quantitative estimate of drug-likeness (QED) is 0.273. The predicted molar refractivity (Wildman–Crippen MR) is 133 cm³/mol. The largest absolute Gasteiger partial charge is 0.256 e. The minimum atomic E-state index is 0.0996. The molecule has 1 nitrogen and oxygen atoms in total. The van der Waals surface area contributed by atoms with Gasteiger partial charge in [0.05, 0.1) is 5.69 Å². The molecule has 1 aliphatic carbocycles. The van der Waals surface area contributed by atoms with Gasteiger partial charge in [0.2, 0.25) is 0 Å². The smallest absolute Gasteiger partial charge is 0.0792 e. The zero-order valence-corrected chi connectivity index (χ0v) is 19.5. The lowest BCUT2D eigenvalue weighted by molar-refractivity contribution is 0.411. The summed E-state index contributed by atoms with van der Waals surface area (Å²) in [7, 11) is 0. The summed E-state index contributed by atoms with van der Waals surface area (Å²) in [4.78, 5) is 4.92. The molecule has 1 heteroatoms. The summed E-state index contributed by atoms with van der Waals surface area (Å²) in [5.74, 6) is 0. The van der Waals surface area contributed by atoms with Crippen LogP contribution in [0.3, 0.4) is 0 Å². The monoisotopic (exact) mass is 405 g/mol. The molecule has 0 bridgehead atoms. The van der Waals surface area contributed by atoms with E-state index in [2.05, 4.69) is 102 Å². The van der Waals surface area contributed by atoms with Gasteiger partial charge in [-0.15, -0.1) is 0 Å². The van der Waals surface area contributed by atoms with Crippen LogP contribution < -0.4 is 0 Å². The first-order valence-corrected chi connectivity index (χ1v) is 11.3. The van der Waals surface area contributed by atoms with Crippen LogP contribution in [0.4, 0.5) is 0 Å². The van der Waals surface area contributed by atoms with Crippen molar-refractivity contribution in [1.29, 1.82) is 0 Å². The highest BCUT2D eigenvalue weighted by molar-refractivity contribution is 6.12. The minimum absolute atomic E-state index is 0.0996. The van der Waals surface area contributed by atoms with Crippen molar-refractivity contribution in [3.8, 4) is 33.5 Å². The minimum Gasteiger partial charge on any atom is -0.256 e. The summed E-state index contributed by atoms with van der Waals surface area (Å²) in [5, 5.41) is 2.55. The van der Waals surface area contributed by atoms with Gasteiger partial charge >= 0.3 is 0 Å². The zero-order chi connectivity index (χ0) is 22.0. The Morgan fingerprint density at radius 2 is 1.39 bits per heavy atom. The van der Waals surface area contributed by atoms with Crippen LogP contribution >= 0.6 is 0 Å². The Hall–Kier alpha value is -2.93. The third kappa shape index (κ3) is 3.47. The van der Waals surface area contributed by atoms with Crippen molar-refractivity contribution in [2.24, 2.45) is 5.41 Å². The molecular weight excluding hydrogens is 374 g/mol. The molecule has 0 amide bonds. The first kappa shape index (κ1) is 20.0. The molecule has 0 unspecified atom stereocenters. The number of hydrogen-bond donors (Lipinski definition) is 0. The molecule has 31 heavy (non-hydrogen) atoms. The fourth-order valence-electron chi connectivity index (χ4n) is 4.90. The maximum atomic E-state index is 4.92. The molecule has 156 valence electrons. The van der Waals surface area contributed by atoms with E-state index < -0.39 is 0 Å². The van der Waals surface area contributed by atoms with Crippen LogP contribution in [0, 0.1) is 5.41 Å². The Bertz CT molecular complexity index is 1310. The summed E-state index contributed by atoms with van der Waals surface area (Å²) in [6.07, 6.45) is 3.02. The van der Waals surface area contributed by atoms with E-state index in [1.54, 1.807) is 0 Å². The van der Waals surface area contributed by atoms with Crippen LogP contribution in [0.25, 0.3) is 44.3 Å². The van der Waals surface area contributed by atoms with Crippen molar-refractivity contribution < 1.29 is 0 Å². The maximum absolute atomic E-state index is 4.92. The van der Waals surface area contributed by atoms with Crippen molar-refractivity contribution in [2.45, 2.75) is 53.4 Å². The fraction of sp³-hybridized carbons (Fsp3) is 0.300. The SMILES string of the molecule is CC(C)(C)Cc1cc2c3c(nccc3c1)-c1ccc(C(C)(C)C)cc1-c1ccccc1-2. The highest BCUT2D eigenvalue weighted by Crippen LogP contribution is 2.48. The van der Waals surface area contributed by atoms with E-state index in [9.17, 15) is 0 Å². The molecule has 0 fully saturated rings. The number of fused-ring (bicyclic) bond motifs is 5. The average Bonchev–Trinajstić information content (AvgIpc) is 2.81. The summed E-state index contributed by atoms with van der Waals surface area (Å²) in [6.45, 7) is 13.8. The molecule has 0 saturated heterocycles. The molecule has 3 aromatic carbocycles. The normalized spacial score (nSPS) is 13.0. The van der Waals surface area contributed by atoms with Gasteiger partial charge in [-0.05, 0) is 68.2 Å². The molecule has 1 aliphatic rings. The Labute approximate surface area is 186 Å². The molecule has 0 atom stereocenters. The van der Waals surface area contributed by atoms with Crippen LogP contribution in [0.1, 0.15) is 52.7 Å². The van der Waals surface area contributed by atoms with E-state index in [-0.39, 0.29) is 10.8 Å². The predicted octanol–water partition coefficient (Wildman–Crippen LogP) is 8.44. The molecule has 0 N–H and O–H groups in total. The van der Waals surface area contributed by atoms with Crippen LogP contribution in [0.15, 0.2) is 66.9 Å². The van der Waals surface area contributed by atoms with Gasteiger partial charge in [0, 0.05) is 17.1 Å². The number of pyridine rings is 1.